The van der Waals surface area contributed by atoms with Crippen LogP contribution >= 0.6 is 0 Å². The van der Waals surface area contributed by atoms with Gasteiger partial charge in [0.2, 0.25) is 0 Å². The van der Waals surface area contributed by atoms with Crippen molar-refractivity contribution in [2.75, 3.05) is 31.0 Å². The summed E-state index contributed by atoms with van der Waals surface area (Å²) in [6, 6.07) is 16.7. The van der Waals surface area contributed by atoms with Crippen LogP contribution in [-0.2, 0) is 0 Å². The molecule has 0 fully saturated rings. The van der Waals surface area contributed by atoms with E-state index in [1.54, 1.807) is 24.3 Å². The Hall–Kier alpha value is -3.88. The highest BCUT2D eigenvalue weighted by Gasteiger charge is 2.28. The summed E-state index contributed by atoms with van der Waals surface area (Å²) in [7, 11) is 3.30. The van der Waals surface area contributed by atoms with E-state index in [2.05, 4.69) is 5.32 Å². The molecule has 6 nitrogen and oxygen atoms in total. The summed E-state index contributed by atoms with van der Waals surface area (Å²) in [6.45, 7) is 0.547. The first-order valence-electron chi connectivity index (χ1n) is 9.90. The standard InChI is InChI=1S/C24H23F3N2O4/c1-15-12-17(29(2)16-4-7-18(8-5-16)33-14-24(25,26)27)6-10-21(15)28-22-11-9-19(32-3)13-20(22)23(30)31/h4-13,28H,14H2,1-3H3,(H,30,31). The summed E-state index contributed by atoms with van der Waals surface area (Å²) >= 11 is 0. The van der Waals surface area contributed by atoms with Gasteiger partial charge in [0.05, 0.1) is 18.4 Å². The minimum Gasteiger partial charge on any atom is -0.497 e. The third kappa shape index (κ3) is 6.09. The van der Waals surface area contributed by atoms with Crippen LogP contribution in [0.25, 0.3) is 0 Å². The molecule has 0 bridgehead atoms. The predicted molar refractivity (Wildman–Crippen MR) is 120 cm³/mol. The largest absolute Gasteiger partial charge is 0.497 e. The van der Waals surface area contributed by atoms with Crippen molar-refractivity contribution in [1.29, 1.82) is 0 Å². The fourth-order valence-corrected chi connectivity index (χ4v) is 3.16. The van der Waals surface area contributed by atoms with Crippen LogP contribution < -0.4 is 19.7 Å². The van der Waals surface area contributed by atoms with E-state index >= 15 is 0 Å². The Bertz CT molecular complexity index is 1130. The topological polar surface area (TPSA) is 71.0 Å². The van der Waals surface area contributed by atoms with E-state index in [0.717, 1.165) is 22.6 Å². The number of nitrogens with one attached hydrogen (secondary N) is 1. The molecule has 9 heteroatoms. The van der Waals surface area contributed by atoms with E-state index in [1.807, 2.05) is 37.1 Å². The summed E-state index contributed by atoms with van der Waals surface area (Å²) in [6.07, 6.45) is -4.39. The van der Waals surface area contributed by atoms with Gasteiger partial charge in [0.15, 0.2) is 6.61 Å². The Balaban J connectivity index is 1.76. The van der Waals surface area contributed by atoms with Gasteiger partial charge in [-0.25, -0.2) is 4.79 Å². The fraction of sp³-hybridized carbons (Fsp3) is 0.208. The second-order valence-electron chi connectivity index (χ2n) is 7.30. The minimum atomic E-state index is -4.39. The van der Waals surface area contributed by atoms with Crippen LogP contribution in [0, 0.1) is 6.92 Å². The Morgan fingerprint density at radius 1 is 0.970 bits per heavy atom. The zero-order valence-electron chi connectivity index (χ0n) is 18.2. The number of aryl methyl sites for hydroxylation is 1. The van der Waals surface area contributed by atoms with Gasteiger partial charge in [-0.05, 0) is 73.2 Å². The smallest absolute Gasteiger partial charge is 0.422 e. The monoisotopic (exact) mass is 460 g/mol. The molecule has 0 aliphatic carbocycles. The third-order valence-electron chi connectivity index (χ3n) is 4.95. The average Bonchev–Trinajstić information content (AvgIpc) is 2.78. The maximum absolute atomic E-state index is 12.3. The van der Waals surface area contributed by atoms with Crippen molar-refractivity contribution < 1.29 is 32.5 Å². The Labute approximate surface area is 189 Å². The summed E-state index contributed by atoms with van der Waals surface area (Å²) in [5, 5.41) is 12.7. The number of halogens is 3. The molecule has 3 rings (SSSR count). The second kappa shape index (κ2) is 9.72. The first-order chi connectivity index (χ1) is 15.6. The number of nitrogens with zero attached hydrogens (tertiary/aromatic N) is 1. The zero-order chi connectivity index (χ0) is 24.2. The van der Waals surface area contributed by atoms with Gasteiger partial charge in [-0.3, -0.25) is 0 Å². The van der Waals surface area contributed by atoms with Crippen LogP contribution in [0.1, 0.15) is 15.9 Å². The molecule has 174 valence electrons. The number of ether oxygens (including phenoxy) is 2. The molecule has 0 unspecified atom stereocenters. The molecule has 0 aliphatic heterocycles. The number of benzene rings is 3. The van der Waals surface area contributed by atoms with Gasteiger partial charge in [0.1, 0.15) is 11.5 Å². The molecular weight excluding hydrogens is 437 g/mol. The lowest BCUT2D eigenvalue weighted by Gasteiger charge is -2.22. The maximum atomic E-state index is 12.3. The molecule has 0 heterocycles. The highest BCUT2D eigenvalue weighted by Crippen LogP contribution is 2.32. The van der Waals surface area contributed by atoms with Crippen molar-refractivity contribution in [1.82, 2.24) is 0 Å². The Kier molecular flexibility index (Phi) is 7.01. The molecule has 0 saturated carbocycles. The molecule has 0 aromatic heterocycles. The van der Waals surface area contributed by atoms with E-state index in [-0.39, 0.29) is 11.3 Å². The summed E-state index contributed by atoms with van der Waals surface area (Å²) in [5.41, 5.74) is 3.73. The van der Waals surface area contributed by atoms with Crippen molar-refractivity contribution in [2.24, 2.45) is 0 Å². The van der Waals surface area contributed by atoms with Crippen molar-refractivity contribution in [3.05, 3.63) is 71.8 Å². The van der Waals surface area contributed by atoms with Gasteiger partial charge >= 0.3 is 12.1 Å². The molecule has 0 radical (unpaired) electrons. The van der Waals surface area contributed by atoms with Crippen molar-refractivity contribution >= 4 is 28.7 Å². The van der Waals surface area contributed by atoms with Crippen LogP contribution in [0.3, 0.4) is 0 Å². The van der Waals surface area contributed by atoms with Crippen LogP contribution in [0.15, 0.2) is 60.7 Å². The first kappa shape index (κ1) is 23.8. The quantitative estimate of drug-likeness (QED) is 0.420. The van der Waals surface area contributed by atoms with E-state index in [1.165, 1.54) is 25.3 Å². The molecule has 3 aromatic rings. The number of carboxylic acid groups (broad SMARTS) is 1. The first-order valence-corrected chi connectivity index (χ1v) is 9.90. The molecule has 3 aromatic carbocycles. The normalized spacial score (nSPS) is 11.1. The molecule has 0 saturated heterocycles. The maximum Gasteiger partial charge on any atom is 0.422 e. The summed E-state index contributed by atoms with van der Waals surface area (Å²) in [4.78, 5) is 13.5. The molecule has 0 aliphatic rings. The molecular formula is C24H23F3N2O4. The number of rotatable bonds is 8. The number of alkyl halides is 3. The molecule has 33 heavy (non-hydrogen) atoms. The van der Waals surface area contributed by atoms with Gasteiger partial charge in [-0.2, -0.15) is 13.2 Å². The van der Waals surface area contributed by atoms with Gasteiger partial charge in [-0.15, -0.1) is 0 Å². The Morgan fingerprint density at radius 2 is 1.58 bits per heavy atom. The molecule has 2 N–H and O–H groups in total. The van der Waals surface area contributed by atoms with Gasteiger partial charge in [0, 0.05) is 24.1 Å². The van der Waals surface area contributed by atoms with Crippen molar-refractivity contribution in [2.45, 2.75) is 13.1 Å². The van der Waals surface area contributed by atoms with E-state index in [9.17, 15) is 23.1 Å². The molecule has 0 spiro atoms. The highest BCUT2D eigenvalue weighted by atomic mass is 19.4. The fourth-order valence-electron chi connectivity index (χ4n) is 3.16. The Morgan fingerprint density at radius 3 is 2.15 bits per heavy atom. The zero-order valence-corrected chi connectivity index (χ0v) is 18.2. The van der Waals surface area contributed by atoms with Crippen LogP contribution in [-0.4, -0.2) is 38.0 Å². The number of hydrogen-bond acceptors (Lipinski definition) is 5. The van der Waals surface area contributed by atoms with Crippen molar-refractivity contribution in [3.63, 3.8) is 0 Å². The number of aromatic carboxylic acids is 1. The average molecular weight is 460 g/mol. The molecule has 0 atom stereocenters. The third-order valence-corrected chi connectivity index (χ3v) is 4.95. The van der Waals surface area contributed by atoms with Gasteiger partial charge in [0.25, 0.3) is 0 Å². The van der Waals surface area contributed by atoms with Gasteiger partial charge < -0.3 is 24.8 Å². The second-order valence-corrected chi connectivity index (χ2v) is 7.30. The van der Waals surface area contributed by atoms with Crippen molar-refractivity contribution in [3.8, 4) is 11.5 Å². The highest BCUT2D eigenvalue weighted by molar-refractivity contribution is 5.96. The van der Waals surface area contributed by atoms with E-state index in [4.69, 9.17) is 9.47 Å². The van der Waals surface area contributed by atoms with E-state index < -0.39 is 18.8 Å². The number of carbonyl (C=O) groups is 1. The predicted octanol–water partition coefficient (Wildman–Crippen LogP) is 6.15. The van der Waals surface area contributed by atoms with Crippen LogP contribution in [0.2, 0.25) is 0 Å². The summed E-state index contributed by atoms with van der Waals surface area (Å²) < 4.78 is 46.7. The number of carboxylic acids is 1. The number of hydrogen-bond donors (Lipinski definition) is 2. The lowest BCUT2D eigenvalue weighted by Crippen LogP contribution is -2.19. The van der Waals surface area contributed by atoms with E-state index in [0.29, 0.717) is 11.4 Å². The lowest BCUT2D eigenvalue weighted by atomic mass is 10.1. The number of methoxy groups -OCH3 is 1. The number of anilines is 4. The van der Waals surface area contributed by atoms with Gasteiger partial charge in [-0.1, -0.05) is 0 Å². The SMILES string of the molecule is COc1ccc(Nc2ccc(N(C)c3ccc(OCC(F)(F)F)cc3)cc2C)c(C(=O)O)c1. The summed E-state index contributed by atoms with van der Waals surface area (Å²) in [5.74, 6) is -0.497. The minimum absolute atomic E-state index is 0.0859. The lowest BCUT2D eigenvalue weighted by molar-refractivity contribution is -0.153. The molecule has 0 amide bonds. The van der Waals surface area contributed by atoms with Crippen LogP contribution in [0.5, 0.6) is 11.5 Å². The van der Waals surface area contributed by atoms with Crippen LogP contribution in [0.4, 0.5) is 35.9 Å².